The summed E-state index contributed by atoms with van der Waals surface area (Å²) in [6.45, 7) is 0.997. The fraction of sp³-hybridized carbons (Fsp3) is 0.455. The lowest BCUT2D eigenvalue weighted by Crippen LogP contribution is -2.05. The van der Waals surface area contributed by atoms with Gasteiger partial charge in [-0.15, -0.1) is 0 Å². The molecule has 1 aliphatic rings. The number of anilines is 1. The van der Waals surface area contributed by atoms with Crippen molar-refractivity contribution in [1.82, 2.24) is 24.7 Å². The zero-order chi connectivity index (χ0) is 11.5. The van der Waals surface area contributed by atoms with Gasteiger partial charge in [0.25, 0.3) is 5.95 Å². The molecule has 6 heteroatoms. The highest BCUT2D eigenvalue weighted by atomic mass is 15.4. The first-order valence-corrected chi connectivity index (χ1v) is 5.83. The summed E-state index contributed by atoms with van der Waals surface area (Å²) < 4.78 is 1.54. The molecule has 0 spiro atoms. The minimum absolute atomic E-state index is 0.537. The van der Waals surface area contributed by atoms with Gasteiger partial charge < -0.3 is 5.32 Å². The summed E-state index contributed by atoms with van der Waals surface area (Å²) in [6.07, 6.45) is 10.6. The highest BCUT2D eigenvalue weighted by molar-refractivity contribution is 5.38. The zero-order valence-electron chi connectivity index (χ0n) is 9.45. The van der Waals surface area contributed by atoms with Crippen molar-refractivity contribution in [3.05, 3.63) is 25.0 Å². The minimum Gasteiger partial charge on any atom is -0.383 e. The molecule has 0 amide bonds. The predicted octanol–water partition coefficient (Wildman–Crippen LogP) is 1.27. The Morgan fingerprint density at radius 1 is 1.29 bits per heavy atom. The average Bonchev–Trinajstić information content (AvgIpc) is 3.03. The Labute approximate surface area is 99.1 Å². The van der Waals surface area contributed by atoms with Gasteiger partial charge in [0, 0.05) is 6.54 Å². The number of rotatable bonds is 5. The molecule has 2 aromatic rings. The fourth-order valence-electron chi connectivity index (χ4n) is 1.67. The monoisotopic (exact) mass is 230 g/mol. The third-order valence-electron chi connectivity index (χ3n) is 2.84. The van der Waals surface area contributed by atoms with Crippen molar-refractivity contribution >= 4 is 5.69 Å². The number of hydrogen-bond acceptors (Lipinski definition) is 5. The Morgan fingerprint density at radius 3 is 2.76 bits per heavy atom. The molecule has 0 unspecified atom stereocenters. The highest BCUT2D eigenvalue weighted by Gasteiger charge is 2.20. The summed E-state index contributed by atoms with van der Waals surface area (Å²) in [6, 6.07) is 0. The third-order valence-corrected chi connectivity index (χ3v) is 2.84. The molecule has 17 heavy (non-hydrogen) atoms. The lowest BCUT2D eigenvalue weighted by atomic mass is 10.3. The SMILES string of the molecule is c1ncn(-c2ncc(NCCC3CC3)cn2)n1. The Kier molecular flexibility index (Phi) is 2.69. The molecule has 1 N–H and O–H groups in total. The van der Waals surface area contributed by atoms with Crippen LogP contribution in [-0.4, -0.2) is 31.3 Å². The fourth-order valence-corrected chi connectivity index (χ4v) is 1.67. The summed E-state index contributed by atoms with van der Waals surface area (Å²) in [5.41, 5.74) is 0.953. The van der Waals surface area contributed by atoms with Crippen LogP contribution in [0.3, 0.4) is 0 Å². The van der Waals surface area contributed by atoms with Crippen molar-refractivity contribution in [2.45, 2.75) is 19.3 Å². The van der Waals surface area contributed by atoms with Crippen LogP contribution in [0.15, 0.2) is 25.0 Å². The molecular formula is C11H14N6. The quantitative estimate of drug-likeness (QED) is 0.837. The van der Waals surface area contributed by atoms with Crippen LogP contribution >= 0.6 is 0 Å². The van der Waals surface area contributed by atoms with E-state index in [-0.39, 0.29) is 0 Å². The maximum atomic E-state index is 4.22. The van der Waals surface area contributed by atoms with Crippen LogP contribution in [0.1, 0.15) is 19.3 Å². The first-order chi connectivity index (χ1) is 8.42. The first-order valence-electron chi connectivity index (χ1n) is 5.83. The standard InChI is InChI=1S/C11H14N6/c1-2-9(1)3-4-13-10-5-14-11(15-6-10)17-8-12-7-16-17/h5-9,13H,1-4H2. The van der Waals surface area contributed by atoms with E-state index < -0.39 is 0 Å². The van der Waals surface area contributed by atoms with Crippen LogP contribution in [0, 0.1) is 5.92 Å². The Morgan fingerprint density at radius 2 is 2.12 bits per heavy atom. The van der Waals surface area contributed by atoms with E-state index in [4.69, 9.17) is 0 Å². The van der Waals surface area contributed by atoms with Crippen LogP contribution in [-0.2, 0) is 0 Å². The predicted molar refractivity (Wildman–Crippen MR) is 62.8 cm³/mol. The molecule has 2 heterocycles. The summed E-state index contributed by atoms with van der Waals surface area (Å²) in [5.74, 6) is 1.48. The maximum absolute atomic E-state index is 4.22. The maximum Gasteiger partial charge on any atom is 0.252 e. The molecule has 0 aromatic carbocycles. The molecule has 2 aromatic heterocycles. The molecule has 0 aliphatic heterocycles. The number of hydrogen-bond donors (Lipinski definition) is 1. The van der Waals surface area contributed by atoms with Crippen LogP contribution in [0.4, 0.5) is 5.69 Å². The normalized spacial score (nSPS) is 14.8. The molecule has 0 atom stereocenters. The van der Waals surface area contributed by atoms with Gasteiger partial charge >= 0.3 is 0 Å². The van der Waals surface area contributed by atoms with Gasteiger partial charge in [0.15, 0.2) is 0 Å². The van der Waals surface area contributed by atoms with Gasteiger partial charge in [0.1, 0.15) is 12.7 Å². The van der Waals surface area contributed by atoms with Gasteiger partial charge in [-0.3, -0.25) is 0 Å². The second kappa shape index (κ2) is 4.48. The van der Waals surface area contributed by atoms with Crippen molar-refractivity contribution < 1.29 is 0 Å². The van der Waals surface area contributed by atoms with Gasteiger partial charge in [-0.2, -0.15) is 9.78 Å². The largest absolute Gasteiger partial charge is 0.383 e. The Balaban J connectivity index is 1.59. The van der Waals surface area contributed by atoms with Crippen LogP contribution in [0.5, 0.6) is 0 Å². The van der Waals surface area contributed by atoms with Crippen molar-refractivity contribution in [2.75, 3.05) is 11.9 Å². The first kappa shape index (κ1) is 10.2. The van der Waals surface area contributed by atoms with Crippen LogP contribution in [0.2, 0.25) is 0 Å². The van der Waals surface area contributed by atoms with Crippen molar-refractivity contribution in [3.63, 3.8) is 0 Å². The highest BCUT2D eigenvalue weighted by Crippen LogP contribution is 2.31. The van der Waals surface area contributed by atoms with E-state index in [1.165, 1.54) is 30.3 Å². The van der Waals surface area contributed by atoms with Crippen molar-refractivity contribution in [2.24, 2.45) is 5.92 Å². The smallest absolute Gasteiger partial charge is 0.252 e. The molecular weight excluding hydrogens is 216 g/mol. The number of nitrogens with zero attached hydrogens (tertiary/aromatic N) is 5. The van der Waals surface area contributed by atoms with Gasteiger partial charge in [-0.1, -0.05) is 12.8 Å². The van der Waals surface area contributed by atoms with Gasteiger partial charge in [-0.05, 0) is 12.3 Å². The lowest BCUT2D eigenvalue weighted by molar-refractivity contribution is 0.758. The summed E-state index contributed by atoms with van der Waals surface area (Å²) in [4.78, 5) is 12.3. The Bertz CT molecular complexity index is 459. The van der Waals surface area contributed by atoms with Crippen LogP contribution < -0.4 is 5.32 Å². The molecule has 0 saturated heterocycles. The zero-order valence-corrected chi connectivity index (χ0v) is 9.45. The van der Waals surface area contributed by atoms with E-state index in [1.54, 1.807) is 18.7 Å². The van der Waals surface area contributed by atoms with E-state index in [0.717, 1.165) is 18.2 Å². The minimum atomic E-state index is 0.537. The van der Waals surface area contributed by atoms with Gasteiger partial charge in [0.05, 0.1) is 18.1 Å². The van der Waals surface area contributed by atoms with Crippen molar-refractivity contribution in [1.29, 1.82) is 0 Å². The second-order valence-electron chi connectivity index (χ2n) is 4.27. The molecule has 1 fully saturated rings. The number of aromatic nitrogens is 5. The summed E-state index contributed by atoms with van der Waals surface area (Å²) in [7, 11) is 0. The molecule has 6 nitrogen and oxygen atoms in total. The number of nitrogens with one attached hydrogen (secondary N) is 1. The van der Waals surface area contributed by atoms with Crippen molar-refractivity contribution in [3.8, 4) is 5.95 Å². The molecule has 1 aliphatic carbocycles. The average molecular weight is 230 g/mol. The van der Waals surface area contributed by atoms with Gasteiger partial charge in [0.2, 0.25) is 0 Å². The van der Waals surface area contributed by atoms with Gasteiger partial charge in [-0.25, -0.2) is 15.0 Å². The van der Waals surface area contributed by atoms with Crippen LogP contribution in [0.25, 0.3) is 5.95 Å². The lowest BCUT2D eigenvalue weighted by Gasteiger charge is -2.05. The summed E-state index contributed by atoms with van der Waals surface area (Å²) >= 11 is 0. The van der Waals surface area contributed by atoms with E-state index in [0.29, 0.717) is 5.95 Å². The second-order valence-corrected chi connectivity index (χ2v) is 4.27. The molecule has 1 saturated carbocycles. The topological polar surface area (TPSA) is 68.5 Å². The third kappa shape index (κ3) is 2.58. The molecule has 0 radical (unpaired) electrons. The molecule has 3 rings (SSSR count). The molecule has 88 valence electrons. The Hall–Kier alpha value is -1.98. The van der Waals surface area contributed by atoms with E-state index >= 15 is 0 Å². The van der Waals surface area contributed by atoms with E-state index in [9.17, 15) is 0 Å². The molecule has 0 bridgehead atoms. The van der Waals surface area contributed by atoms with E-state index in [1.807, 2.05) is 0 Å². The summed E-state index contributed by atoms with van der Waals surface area (Å²) in [5, 5.41) is 7.29. The van der Waals surface area contributed by atoms with E-state index in [2.05, 4.69) is 25.4 Å².